The maximum atomic E-state index is 12.9. The van der Waals surface area contributed by atoms with E-state index in [9.17, 15) is 9.18 Å². The Kier molecular flexibility index (Phi) is 3.74. The predicted octanol–water partition coefficient (Wildman–Crippen LogP) is 2.39. The van der Waals surface area contributed by atoms with Gasteiger partial charge in [-0.1, -0.05) is 12.1 Å². The molecule has 2 aliphatic heterocycles. The second kappa shape index (κ2) is 5.52. The number of halogens is 1. The van der Waals surface area contributed by atoms with E-state index in [0.717, 1.165) is 31.5 Å². The molecule has 0 unspecified atom stereocenters. The van der Waals surface area contributed by atoms with Crippen LogP contribution in [-0.2, 0) is 16.0 Å². The molecule has 0 aliphatic carbocycles. The smallest absolute Gasteiger partial charge is 0.227 e. The van der Waals surface area contributed by atoms with Gasteiger partial charge in [-0.15, -0.1) is 0 Å². The highest BCUT2D eigenvalue weighted by Crippen LogP contribution is 2.32. The summed E-state index contributed by atoms with van der Waals surface area (Å²) >= 11 is 0. The van der Waals surface area contributed by atoms with Crippen molar-refractivity contribution in [2.75, 3.05) is 13.1 Å². The minimum absolute atomic E-state index is 0.134. The van der Waals surface area contributed by atoms with Gasteiger partial charge in [0.05, 0.1) is 18.6 Å². The number of hydrogen-bond donors (Lipinski definition) is 0. The number of hydrogen-bond acceptors (Lipinski definition) is 2. The standard InChI is InChI=1S/C16H20FNO2/c1-11-8-13-10-18(7-6-15(13)20-11)16(19)9-12-2-4-14(17)5-3-12/h2-5,11,13,15H,6-10H2,1H3/t11-,13-,15+/m0/s1. The van der Waals surface area contributed by atoms with Crippen LogP contribution in [0.5, 0.6) is 0 Å². The van der Waals surface area contributed by atoms with Crippen LogP contribution in [0.4, 0.5) is 4.39 Å². The first kappa shape index (κ1) is 13.6. The predicted molar refractivity (Wildman–Crippen MR) is 73.7 cm³/mol. The monoisotopic (exact) mass is 277 g/mol. The lowest BCUT2D eigenvalue weighted by Gasteiger charge is -2.34. The van der Waals surface area contributed by atoms with Crippen molar-refractivity contribution >= 4 is 5.91 Å². The van der Waals surface area contributed by atoms with Crippen LogP contribution in [0, 0.1) is 11.7 Å². The molecule has 0 spiro atoms. The Hall–Kier alpha value is -1.42. The lowest BCUT2D eigenvalue weighted by atomic mass is 9.92. The third-order valence-electron chi connectivity index (χ3n) is 4.33. The Morgan fingerprint density at radius 2 is 2.15 bits per heavy atom. The van der Waals surface area contributed by atoms with E-state index >= 15 is 0 Å². The summed E-state index contributed by atoms with van der Waals surface area (Å²) in [6.45, 7) is 3.67. The van der Waals surface area contributed by atoms with Gasteiger partial charge in [-0.2, -0.15) is 0 Å². The summed E-state index contributed by atoms with van der Waals surface area (Å²) in [6.07, 6.45) is 2.99. The molecule has 2 saturated heterocycles. The minimum Gasteiger partial charge on any atom is -0.375 e. The van der Waals surface area contributed by atoms with Gasteiger partial charge in [0.15, 0.2) is 0 Å². The number of fused-ring (bicyclic) bond motifs is 1. The Labute approximate surface area is 118 Å². The Morgan fingerprint density at radius 1 is 1.40 bits per heavy atom. The highest BCUT2D eigenvalue weighted by atomic mass is 19.1. The van der Waals surface area contributed by atoms with Crippen molar-refractivity contribution in [1.82, 2.24) is 4.90 Å². The van der Waals surface area contributed by atoms with Gasteiger partial charge in [0.1, 0.15) is 5.82 Å². The zero-order chi connectivity index (χ0) is 14.1. The van der Waals surface area contributed by atoms with Gasteiger partial charge >= 0.3 is 0 Å². The fraction of sp³-hybridized carbons (Fsp3) is 0.562. The number of amides is 1. The zero-order valence-corrected chi connectivity index (χ0v) is 11.7. The molecule has 1 aromatic carbocycles. The number of nitrogens with zero attached hydrogens (tertiary/aromatic N) is 1. The summed E-state index contributed by atoms with van der Waals surface area (Å²) in [5.41, 5.74) is 0.870. The lowest BCUT2D eigenvalue weighted by molar-refractivity contribution is -0.133. The molecule has 2 heterocycles. The van der Waals surface area contributed by atoms with Gasteiger partial charge in [0.25, 0.3) is 0 Å². The van der Waals surface area contributed by atoms with Crippen molar-refractivity contribution < 1.29 is 13.9 Å². The first-order valence-electron chi connectivity index (χ1n) is 7.29. The molecule has 0 aromatic heterocycles. The molecule has 0 saturated carbocycles. The van der Waals surface area contributed by atoms with Crippen molar-refractivity contribution in [2.45, 2.75) is 38.4 Å². The van der Waals surface area contributed by atoms with Crippen LogP contribution in [0.3, 0.4) is 0 Å². The van der Waals surface area contributed by atoms with Crippen LogP contribution in [0.2, 0.25) is 0 Å². The molecule has 2 aliphatic rings. The maximum Gasteiger partial charge on any atom is 0.227 e. The number of benzene rings is 1. The van der Waals surface area contributed by atoms with E-state index < -0.39 is 0 Å². The maximum absolute atomic E-state index is 12.9. The van der Waals surface area contributed by atoms with Crippen LogP contribution >= 0.6 is 0 Å². The molecule has 3 rings (SSSR count). The molecule has 3 nitrogen and oxygen atoms in total. The quantitative estimate of drug-likeness (QED) is 0.830. The first-order valence-corrected chi connectivity index (χ1v) is 7.29. The van der Waals surface area contributed by atoms with Crippen LogP contribution < -0.4 is 0 Å². The van der Waals surface area contributed by atoms with Crippen LogP contribution in [0.25, 0.3) is 0 Å². The van der Waals surface area contributed by atoms with Gasteiger partial charge < -0.3 is 9.64 Å². The minimum atomic E-state index is -0.265. The topological polar surface area (TPSA) is 29.5 Å². The molecular weight excluding hydrogens is 257 g/mol. The van der Waals surface area contributed by atoms with Crippen molar-refractivity contribution in [1.29, 1.82) is 0 Å². The van der Waals surface area contributed by atoms with Crippen molar-refractivity contribution in [3.63, 3.8) is 0 Å². The molecule has 0 bridgehead atoms. The highest BCUT2D eigenvalue weighted by molar-refractivity contribution is 5.78. The number of carbonyl (C=O) groups excluding carboxylic acids is 1. The molecule has 0 radical (unpaired) electrons. The van der Waals surface area contributed by atoms with E-state index in [0.29, 0.717) is 24.5 Å². The summed E-state index contributed by atoms with van der Waals surface area (Å²) in [7, 11) is 0. The largest absolute Gasteiger partial charge is 0.375 e. The molecule has 1 amide bonds. The Bertz CT molecular complexity index is 488. The van der Waals surface area contributed by atoms with E-state index in [2.05, 4.69) is 6.92 Å². The normalized spacial score (nSPS) is 29.3. The molecule has 108 valence electrons. The molecular formula is C16H20FNO2. The van der Waals surface area contributed by atoms with E-state index in [4.69, 9.17) is 4.74 Å². The molecule has 0 N–H and O–H groups in total. The summed E-state index contributed by atoms with van der Waals surface area (Å²) in [5.74, 6) is 0.352. The SMILES string of the molecule is C[C@H]1C[C@H]2CN(C(=O)Cc3ccc(F)cc3)CC[C@H]2O1. The van der Waals surface area contributed by atoms with Gasteiger partial charge in [-0.05, 0) is 37.5 Å². The first-order chi connectivity index (χ1) is 9.61. The molecule has 1 aromatic rings. The van der Waals surface area contributed by atoms with Crippen molar-refractivity contribution in [3.05, 3.63) is 35.6 Å². The zero-order valence-electron chi connectivity index (χ0n) is 11.7. The third kappa shape index (κ3) is 2.85. The van der Waals surface area contributed by atoms with Gasteiger partial charge in [-0.25, -0.2) is 4.39 Å². The fourth-order valence-electron chi connectivity index (χ4n) is 3.31. The van der Waals surface area contributed by atoms with E-state index in [-0.39, 0.29) is 11.7 Å². The Morgan fingerprint density at radius 3 is 2.90 bits per heavy atom. The lowest BCUT2D eigenvalue weighted by Crippen LogP contribution is -2.45. The van der Waals surface area contributed by atoms with Crippen molar-refractivity contribution in [2.24, 2.45) is 5.92 Å². The van der Waals surface area contributed by atoms with Gasteiger partial charge in [-0.3, -0.25) is 4.79 Å². The van der Waals surface area contributed by atoms with Crippen molar-refractivity contribution in [3.8, 4) is 0 Å². The van der Waals surface area contributed by atoms with E-state index in [1.54, 1.807) is 12.1 Å². The van der Waals surface area contributed by atoms with Crippen LogP contribution in [-0.4, -0.2) is 36.1 Å². The van der Waals surface area contributed by atoms with E-state index in [1.807, 2.05) is 4.90 Å². The molecule has 2 fully saturated rings. The highest BCUT2D eigenvalue weighted by Gasteiger charge is 2.38. The average molecular weight is 277 g/mol. The summed E-state index contributed by atoms with van der Waals surface area (Å²) in [4.78, 5) is 14.3. The van der Waals surface area contributed by atoms with Crippen LogP contribution in [0.15, 0.2) is 24.3 Å². The number of likely N-dealkylation sites (tertiary alicyclic amines) is 1. The summed E-state index contributed by atoms with van der Waals surface area (Å²) < 4.78 is 18.7. The summed E-state index contributed by atoms with van der Waals surface area (Å²) in [5, 5.41) is 0. The number of carbonyl (C=O) groups is 1. The molecule has 20 heavy (non-hydrogen) atoms. The second-order valence-corrected chi connectivity index (χ2v) is 5.91. The third-order valence-corrected chi connectivity index (χ3v) is 4.33. The average Bonchev–Trinajstić information content (AvgIpc) is 2.80. The van der Waals surface area contributed by atoms with E-state index in [1.165, 1.54) is 12.1 Å². The summed E-state index contributed by atoms with van der Waals surface area (Å²) in [6, 6.07) is 6.17. The number of ether oxygens (including phenoxy) is 1. The second-order valence-electron chi connectivity index (χ2n) is 5.91. The van der Waals surface area contributed by atoms with Gasteiger partial charge in [0, 0.05) is 19.0 Å². The number of piperidine rings is 1. The van der Waals surface area contributed by atoms with Gasteiger partial charge in [0.2, 0.25) is 5.91 Å². The molecule has 3 atom stereocenters. The van der Waals surface area contributed by atoms with Crippen LogP contribution in [0.1, 0.15) is 25.3 Å². The number of rotatable bonds is 2. The fourth-order valence-corrected chi connectivity index (χ4v) is 3.31. The Balaban J connectivity index is 1.59. The molecule has 4 heteroatoms.